The van der Waals surface area contributed by atoms with E-state index in [0.29, 0.717) is 0 Å². The molecule has 0 N–H and O–H groups in total. The molecule has 4 heteroatoms. The van der Waals surface area contributed by atoms with Gasteiger partial charge in [-0.25, -0.2) is 0 Å². The standard InChI is InChI=1S/C8H18S4/c1-5-7(3)9-11-12-10-8(4)6-2/h7-8H,5-6H2,1-4H3/t7-,8-/m1/s1. The lowest BCUT2D eigenvalue weighted by Gasteiger charge is -2.08. The van der Waals surface area contributed by atoms with E-state index in [-0.39, 0.29) is 0 Å². The Morgan fingerprint density at radius 1 is 0.833 bits per heavy atom. The fourth-order valence-electron chi connectivity index (χ4n) is 0.302. The summed E-state index contributed by atoms with van der Waals surface area (Å²) >= 11 is 0. The van der Waals surface area contributed by atoms with Gasteiger partial charge in [-0.1, -0.05) is 49.3 Å². The predicted molar refractivity (Wildman–Crippen MR) is 69.9 cm³/mol. The lowest BCUT2D eigenvalue weighted by atomic mass is 10.4. The molecule has 0 heterocycles. The summed E-state index contributed by atoms with van der Waals surface area (Å²) in [5.74, 6) is 0. The Morgan fingerprint density at radius 3 is 1.42 bits per heavy atom. The van der Waals surface area contributed by atoms with E-state index in [4.69, 9.17) is 0 Å². The summed E-state index contributed by atoms with van der Waals surface area (Å²) in [5.41, 5.74) is 0. The Morgan fingerprint density at radius 2 is 1.17 bits per heavy atom. The number of hydrogen-bond acceptors (Lipinski definition) is 4. The summed E-state index contributed by atoms with van der Waals surface area (Å²) in [7, 11) is 7.83. The largest absolute Gasteiger partial charge is 0.0786 e. The second-order valence-corrected chi connectivity index (χ2v) is 9.45. The third kappa shape index (κ3) is 8.02. The Balaban J connectivity index is 3.10. The molecule has 0 amide bonds. The lowest BCUT2D eigenvalue weighted by molar-refractivity contribution is 0.912. The van der Waals surface area contributed by atoms with Crippen LogP contribution in [0.4, 0.5) is 0 Å². The molecule has 74 valence electrons. The van der Waals surface area contributed by atoms with Crippen LogP contribution in [-0.4, -0.2) is 10.5 Å². The van der Waals surface area contributed by atoms with Crippen molar-refractivity contribution in [1.29, 1.82) is 0 Å². The van der Waals surface area contributed by atoms with Gasteiger partial charge in [0.25, 0.3) is 0 Å². The molecule has 0 aliphatic carbocycles. The van der Waals surface area contributed by atoms with Crippen LogP contribution in [0.15, 0.2) is 0 Å². The summed E-state index contributed by atoms with van der Waals surface area (Å²) in [6.45, 7) is 9.05. The topological polar surface area (TPSA) is 0 Å². The summed E-state index contributed by atoms with van der Waals surface area (Å²) < 4.78 is 0. The molecule has 12 heavy (non-hydrogen) atoms. The molecule has 2 atom stereocenters. The highest BCUT2D eigenvalue weighted by Crippen LogP contribution is 2.47. The van der Waals surface area contributed by atoms with Gasteiger partial charge in [0.15, 0.2) is 0 Å². The van der Waals surface area contributed by atoms with Crippen LogP contribution >= 0.6 is 41.2 Å². The zero-order valence-electron chi connectivity index (χ0n) is 8.20. The third-order valence-electron chi connectivity index (χ3n) is 1.58. The van der Waals surface area contributed by atoms with E-state index in [1.807, 2.05) is 41.2 Å². The van der Waals surface area contributed by atoms with E-state index < -0.39 is 0 Å². The first-order valence-corrected chi connectivity index (χ1v) is 9.30. The molecule has 0 radical (unpaired) electrons. The second kappa shape index (κ2) is 8.97. The van der Waals surface area contributed by atoms with E-state index in [1.54, 1.807) is 0 Å². The average Bonchev–Trinajstić information content (AvgIpc) is 2.11. The molecule has 0 bridgehead atoms. The van der Waals surface area contributed by atoms with E-state index >= 15 is 0 Å². The van der Waals surface area contributed by atoms with Crippen molar-refractivity contribution in [2.45, 2.75) is 51.0 Å². The van der Waals surface area contributed by atoms with Gasteiger partial charge in [-0.2, -0.15) is 0 Å². The molecular formula is C8H18S4. The van der Waals surface area contributed by atoms with Gasteiger partial charge in [0.05, 0.1) is 0 Å². The molecule has 0 saturated carbocycles. The maximum Gasteiger partial charge on any atom is 0.0129 e. The van der Waals surface area contributed by atoms with Crippen molar-refractivity contribution in [3.05, 3.63) is 0 Å². The molecule has 0 aromatic rings. The molecule has 0 rings (SSSR count). The summed E-state index contributed by atoms with van der Waals surface area (Å²) in [4.78, 5) is 0. The fraction of sp³-hybridized carbons (Fsp3) is 1.00. The van der Waals surface area contributed by atoms with Crippen molar-refractivity contribution in [2.75, 3.05) is 0 Å². The van der Waals surface area contributed by atoms with E-state index in [0.717, 1.165) is 10.5 Å². The van der Waals surface area contributed by atoms with Gasteiger partial charge in [0.2, 0.25) is 0 Å². The molecule has 0 nitrogen and oxygen atoms in total. The van der Waals surface area contributed by atoms with Crippen LogP contribution in [0, 0.1) is 0 Å². The lowest BCUT2D eigenvalue weighted by Crippen LogP contribution is -1.88. The molecule has 0 aliphatic heterocycles. The highest BCUT2D eigenvalue weighted by molar-refractivity contribution is 9.26. The quantitative estimate of drug-likeness (QED) is 0.441. The Kier molecular flexibility index (Phi) is 10.0. The smallest absolute Gasteiger partial charge is 0.0129 e. The first-order chi connectivity index (χ1) is 5.70. The summed E-state index contributed by atoms with van der Waals surface area (Å²) in [5, 5.41) is 1.58. The van der Waals surface area contributed by atoms with Crippen LogP contribution in [0.1, 0.15) is 40.5 Å². The molecule has 0 aliphatic rings. The zero-order chi connectivity index (χ0) is 9.40. The van der Waals surface area contributed by atoms with Gasteiger partial charge in [-0.3, -0.25) is 0 Å². The van der Waals surface area contributed by atoms with Gasteiger partial charge < -0.3 is 0 Å². The summed E-state index contributed by atoms with van der Waals surface area (Å²) in [6, 6.07) is 0. The minimum absolute atomic E-state index is 0.792. The molecule has 0 saturated heterocycles. The van der Waals surface area contributed by atoms with Crippen LogP contribution in [0.2, 0.25) is 0 Å². The Hall–Kier alpha value is 1.40. The van der Waals surface area contributed by atoms with Gasteiger partial charge in [-0.15, -0.1) is 0 Å². The van der Waals surface area contributed by atoms with Gasteiger partial charge in [-0.05, 0) is 32.5 Å². The number of rotatable bonds is 7. The van der Waals surface area contributed by atoms with Crippen LogP contribution in [0.3, 0.4) is 0 Å². The van der Waals surface area contributed by atoms with E-state index in [1.165, 1.54) is 12.8 Å². The zero-order valence-corrected chi connectivity index (χ0v) is 11.5. The maximum atomic E-state index is 2.28. The van der Waals surface area contributed by atoms with E-state index in [9.17, 15) is 0 Å². The SMILES string of the molecule is CC[C@@H](C)SSSS[C@H](C)CC. The molecule has 0 aromatic carbocycles. The van der Waals surface area contributed by atoms with Crippen LogP contribution in [0.25, 0.3) is 0 Å². The first-order valence-electron chi connectivity index (χ1n) is 4.36. The third-order valence-corrected chi connectivity index (χ3v) is 9.14. The van der Waals surface area contributed by atoms with Crippen LogP contribution in [-0.2, 0) is 0 Å². The van der Waals surface area contributed by atoms with Crippen molar-refractivity contribution >= 4 is 41.2 Å². The summed E-state index contributed by atoms with van der Waals surface area (Å²) in [6.07, 6.45) is 2.54. The molecular weight excluding hydrogens is 224 g/mol. The molecule has 0 aromatic heterocycles. The van der Waals surface area contributed by atoms with Crippen LogP contribution < -0.4 is 0 Å². The highest BCUT2D eigenvalue weighted by Gasteiger charge is 2.02. The Bertz CT molecular complexity index is 85.1. The normalized spacial score (nSPS) is 16.0. The molecule has 0 fully saturated rings. The predicted octanol–water partition coefficient (Wildman–Crippen LogP) is 5.26. The molecule has 0 unspecified atom stereocenters. The van der Waals surface area contributed by atoms with Crippen LogP contribution in [0.5, 0.6) is 0 Å². The van der Waals surface area contributed by atoms with Crippen molar-refractivity contribution in [3.63, 3.8) is 0 Å². The van der Waals surface area contributed by atoms with Crippen molar-refractivity contribution < 1.29 is 0 Å². The van der Waals surface area contributed by atoms with Gasteiger partial charge in [0.1, 0.15) is 0 Å². The monoisotopic (exact) mass is 242 g/mol. The fourth-order valence-corrected chi connectivity index (χ4v) is 7.44. The molecule has 0 spiro atoms. The number of hydrogen-bond donors (Lipinski definition) is 0. The van der Waals surface area contributed by atoms with Crippen molar-refractivity contribution in [2.24, 2.45) is 0 Å². The minimum Gasteiger partial charge on any atom is -0.0786 e. The Labute approximate surface area is 92.0 Å². The van der Waals surface area contributed by atoms with Gasteiger partial charge >= 0.3 is 0 Å². The highest BCUT2D eigenvalue weighted by atomic mass is 33.7. The van der Waals surface area contributed by atoms with Crippen molar-refractivity contribution in [1.82, 2.24) is 0 Å². The van der Waals surface area contributed by atoms with Gasteiger partial charge in [0, 0.05) is 10.5 Å². The van der Waals surface area contributed by atoms with E-state index in [2.05, 4.69) is 27.7 Å². The average molecular weight is 242 g/mol. The second-order valence-electron chi connectivity index (χ2n) is 2.77. The maximum absolute atomic E-state index is 2.28. The van der Waals surface area contributed by atoms with Crippen molar-refractivity contribution in [3.8, 4) is 0 Å². The minimum atomic E-state index is 0.792. The first kappa shape index (κ1) is 13.4.